The minimum atomic E-state index is -3.37. The lowest BCUT2D eigenvalue weighted by atomic mass is 9.96. The molecule has 1 fully saturated rings. The monoisotopic (exact) mass is 480 g/mol. The van der Waals surface area contributed by atoms with Crippen molar-refractivity contribution in [2.24, 2.45) is 4.99 Å². The fourth-order valence-corrected chi connectivity index (χ4v) is 3.71. The van der Waals surface area contributed by atoms with Crippen LogP contribution in [0.5, 0.6) is 0 Å². The predicted octanol–water partition coefficient (Wildman–Crippen LogP) is 2.55. The van der Waals surface area contributed by atoms with Gasteiger partial charge in [0.15, 0.2) is 5.96 Å². The van der Waals surface area contributed by atoms with Crippen LogP contribution in [-0.2, 0) is 16.6 Å². The van der Waals surface area contributed by atoms with Crippen LogP contribution in [0.2, 0.25) is 0 Å². The van der Waals surface area contributed by atoms with Crippen molar-refractivity contribution in [3.8, 4) is 0 Å². The van der Waals surface area contributed by atoms with Crippen molar-refractivity contribution in [1.29, 1.82) is 0 Å². The Hall–Kier alpha value is -0.870. The number of benzene rings is 1. The van der Waals surface area contributed by atoms with Crippen LogP contribution in [0.1, 0.15) is 37.7 Å². The van der Waals surface area contributed by atoms with E-state index in [2.05, 4.69) is 15.6 Å². The standard InChI is InChI=1S/C17H28N4O2S.HI/c1-18-17(20-15-7-5-4-6-8-15)19-13-14-9-11-16(12-10-14)24(22,23)21(2)3;/h9-12,15H,4-8,13H2,1-3H3,(H2,18,19,20);1H. The third-order valence-corrected chi connectivity index (χ3v) is 6.16. The van der Waals surface area contributed by atoms with E-state index >= 15 is 0 Å². The molecule has 0 saturated heterocycles. The summed E-state index contributed by atoms with van der Waals surface area (Å²) in [5.74, 6) is 0.798. The van der Waals surface area contributed by atoms with Gasteiger partial charge in [0.2, 0.25) is 10.0 Å². The van der Waals surface area contributed by atoms with E-state index in [1.54, 1.807) is 19.2 Å². The minimum absolute atomic E-state index is 0. The third-order valence-electron chi connectivity index (χ3n) is 4.33. The summed E-state index contributed by atoms with van der Waals surface area (Å²) in [6.45, 7) is 0.606. The Kier molecular flexibility index (Phi) is 9.15. The lowest BCUT2D eigenvalue weighted by Gasteiger charge is -2.24. The number of nitrogens with one attached hydrogen (secondary N) is 2. The molecule has 0 aromatic heterocycles. The summed E-state index contributed by atoms with van der Waals surface area (Å²) in [4.78, 5) is 4.58. The molecular weight excluding hydrogens is 451 g/mol. The maximum atomic E-state index is 12.1. The Morgan fingerprint density at radius 2 is 1.76 bits per heavy atom. The van der Waals surface area contributed by atoms with Crippen molar-refractivity contribution in [1.82, 2.24) is 14.9 Å². The molecule has 8 heteroatoms. The smallest absolute Gasteiger partial charge is 0.242 e. The molecule has 0 atom stereocenters. The van der Waals surface area contributed by atoms with Crippen LogP contribution < -0.4 is 10.6 Å². The summed E-state index contributed by atoms with van der Waals surface area (Å²) in [5, 5.41) is 6.76. The second-order valence-electron chi connectivity index (χ2n) is 6.34. The molecule has 2 N–H and O–H groups in total. The molecule has 1 aromatic carbocycles. The Morgan fingerprint density at radius 1 is 1.16 bits per heavy atom. The van der Waals surface area contributed by atoms with Crippen LogP contribution in [0.4, 0.5) is 0 Å². The summed E-state index contributed by atoms with van der Waals surface area (Å²) in [6.07, 6.45) is 6.26. The van der Waals surface area contributed by atoms with Crippen molar-refractivity contribution < 1.29 is 8.42 Å². The van der Waals surface area contributed by atoms with E-state index in [1.165, 1.54) is 50.5 Å². The number of halogens is 1. The van der Waals surface area contributed by atoms with Crippen LogP contribution in [0.3, 0.4) is 0 Å². The van der Waals surface area contributed by atoms with Gasteiger partial charge in [0.05, 0.1) is 4.90 Å². The molecule has 0 aliphatic heterocycles. The lowest BCUT2D eigenvalue weighted by molar-refractivity contribution is 0.410. The zero-order valence-electron chi connectivity index (χ0n) is 15.2. The molecule has 6 nitrogen and oxygen atoms in total. The van der Waals surface area contributed by atoms with Gasteiger partial charge in [0.1, 0.15) is 0 Å². The molecule has 0 bridgehead atoms. The highest BCUT2D eigenvalue weighted by Crippen LogP contribution is 2.17. The van der Waals surface area contributed by atoms with Crippen LogP contribution in [0, 0.1) is 0 Å². The van der Waals surface area contributed by atoms with Crippen molar-refractivity contribution in [2.45, 2.75) is 49.6 Å². The maximum Gasteiger partial charge on any atom is 0.242 e. The maximum absolute atomic E-state index is 12.1. The van der Waals surface area contributed by atoms with E-state index < -0.39 is 10.0 Å². The number of hydrogen-bond acceptors (Lipinski definition) is 3. The summed E-state index contributed by atoms with van der Waals surface area (Å²) in [5.41, 5.74) is 1.01. The van der Waals surface area contributed by atoms with Crippen molar-refractivity contribution in [2.75, 3.05) is 21.1 Å². The zero-order valence-corrected chi connectivity index (χ0v) is 18.3. The SMILES string of the molecule is CN=C(NCc1ccc(S(=O)(=O)N(C)C)cc1)NC1CCCCC1.I. The Balaban J connectivity index is 0.00000312. The molecule has 0 spiro atoms. The predicted molar refractivity (Wildman–Crippen MR) is 113 cm³/mol. The zero-order chi connectivity index (χ0) is 17.6. The first-order valence-corrected chi connectivity index (χ1v) is 9.86. The Labute approximate surface area is 168 Å². The molecule has 2 rings (SSSR count). The van der Waals surface area contributed by atoms with E-state index in [0.717, 1.165) is 11.5 Å². The largest absolute Gasteiger partial charge is 0.354 e. The normalized spacial score (nSPS) is 16.4. The first kappa shape index (κ1) is 22.2. The van der Waals surface area contributed by atoms with Gasteiger partial charge in [-0.15, -0.1) is 24.0 Å². The van der Waals surface area contributed by atoms with Crippen LogP contribution in [0.15, 0.2) is 34.2 Å². The average molecular weight is 480 g/mol. The molecule has 25 heavy (non-hydrogen) atoms. The lowest BCUT2D eigenvalue weighted by Crippen LogP contribution is -2.43. The topological polar surface area (TPSA) is 73.8 Å². The highest BCUT2D eigenvalue weighted by atomic mass is 127. The summed E-state index contributed by atoms with van der Waals surface area (Å²) < 4.78 is 25.3. The van der Waals surface area contributed by atoms with Gasteiger partial charge in [0.25, 0.3) is 0 Å². The van der Waals surface area contributed by atoms with Crippen LogP contribution in [-0.4, -0.2) is 45.9 Å². The van der Waals surface area contributed by atoms with Crippen molar-refractivity contribution in [3.63, 3.8) is 0 Å². The third kappa shape index (κ3) is 6.41. The molecule has 1 aromatic rings. The number of guanidine groups is 1. The average Bonchev–Trinajstić information content (AvgIpc) is 2.59. The molecule has 0 unspecified atom stereocenters. The molecule has 0 heterocycles. The Morgan fingerprint density at radius 3 is 2.28 bits per heavy atom. The van der Waals surface area contributed by atoms with Gasteiger partial charge in [-0.3, -0.25) is 4.99 Å². The van der Waals surface area contributed by atoms with Gasteiger partial charge in [-0.2, -0.15) is 0 Å². The van der Waals surface area contributed by atoms with E-state index in [-0.39, 0.29) is 24.0 Å². The first-order valence-electron chi connectivity index (χ1n) is 8.42. The quantitative estimate of drug-likeness (QED) is 0.386. The fraction of sp³-hybridized carbons (Fsp3) is 0.588. The molecule has 142 valence electrons. The van der Waals surface area contributed by atoms with Gasteiger partial charge in [-0.05, 0) is 30.5 Å². The highest BCUT2D eigenvalue weighted by molar-refractivity contribution is 14.0. The Bertz CT molecular complexity index is 654. The fourth-order valence-electron chi connectivity index (χ4n) is 2.81. The number of nitrogens with zero attached hydrogens (tertiary/aromatic N) is 2. The van der Waals surface area contributed by atoms with Crippen LogP contribution >= 0.6 is 24.0 Å². The van der Waals surface area contributed by atoms with Gasteiger partial charge >= 0.3 is 0 Å². The van der Waals surface area contributed by atoms with E-state index in [0.29, 0.717) is 17.5 Å². The molecule has 0 amide bonds. The molecule has 1 saturated carbocycles. The molecular formula is C17H29IN4O2S. The number of hydrogen-bond donors (Lipinski definition) is 2. The van der Waals surface area contributed by atoms with Gasteiger partial charge < -0.3 is 10.6 Å². The number of rotatable bonds is 5. The molecule has 1 aliphatic carbocycles. The van der Waals surface area contributed by atoms with Crippen molar-refractivity contribution >= 4 is 40.0 Å². The minimum Gasteiger partial charge on any atom is -0.354 e. The van der Waals surface area contributed by atoms with Gasteiger partial charge in [-0.25, -0.2) is 12.7 Å². The van der Waals surface area contributed by atoms with Crippen molar-refractivity contribution in [3.05, 3.63) is 29.8 Å². The second-order valence-corrected chi connectivity index (χ2v) is 8.49. The highest BCUT2D eigenvalue weighted by Gasteiger charge is 2.17. The molecule has 0 radical (unpaired) electrons. The van der Waals surface area contributed by atoms with Gasteiger partial charge in [0, 0.05) is 33.7 Å². The number of aliphatic imine (C=N–C) groups is 1. The van der Waals surface area contributed by atoms with Crippen LogP contribution in [0.25, 0.3) is 0 Å². The summed E-state index contributed by atoms with van der Waals surface area (Å²) >= 11 is 0. The number of sulfonamides is 1. The van der Waals surface area contributed by atoms with E-state index in [9.17, 15) is 8.42 Å². The second kappa shape index (κ2) is 10.3. The van der Waals surface area contributed by atoms with E-state index in [4.69, 9.17) is 0 Å². The van der Waals surface area contributed by atoms with E-state index in [1.807, 2.05) is 12.1 Å². The summed E-state index contributed by atoms with van der Waals surface area (Å²) in [7, 11) is 1.46. The molecule has 1 aliphatic rings. The van der Waals surface area contributed by atoms with Gasteiger partial charge in [-0.1, -0.05) is 31.4 Å². The first-order chi connectivity index (χ1) is 11.4. The summed E-state index contributed by atoms with van der Waals surface area (Å²) in [6, 6.07) is 7.44.